The number of fused-ring (bicyclic) bond motifs is 2. The summed E-state index contributed by atoms with van der Waals surface area (Å²) < 4.78 is 30.9. The number of piperidine rings is 1. The van der Waals surface area contributed by atoms with E-state index in [0.717, 1.165) is 44.9 Å². The van der Waals surface area contributed by atoms with Crippen molar-refractivity contribution in [3.63, 3.8) is 0 Å². The van der Waals surface area contributed by atoms with E-state index in [1.54, 1.807) is 0 Å². The second kappa shape index (κ2) is 9.33. The van der Waals surface area contributed by atoms with Crippen LogP contribution in [0.25, 0.3) is 0 Å². The molecule has 9 nitrogen and oxygen atoms in total. The first-order chi connectivity index (χ1) is 14.8. The average Bonchev–Trinajstić information content (AvgIpc) is 3.36. The van der Waals surface area contributed by atoms with Crippen molar-refractivity contribution in [2.24, 2.45) is 5.73 Å². The molecule has 4 aliphatic rings. The zero-order valence-corrected chi connectivity index (χ0v) is 19.2. The minimum atomic E-state index is -3.23. The molecule has 31 heavy (non-hydrogen) atoms. The largest absolute Gasteiger partial charge is 0.368 e. The number of piperazine rings is 1. The molecule has 2 bridgehead atoms. The van der Waals surface area contributed by atoms with E-state index >= 15 is 0 Å². The molecule has 4 rings (SSSR count). The number of hydrogen-bond acceptors (Lipinski definition) is 7. The molecule has 10 heteroatoms. The minimum absolute atomic E-state index is 0.0655. The van der Waals surface area contributed by atoms with Gasteiger partial charge in [0.15, 0.2) is 9.84 Å². The van der Waals surface area contributed by atoms with Crippen molar-refractivity contribution in [3.05, 3.63) is 0 Å². The van der Waals surface area contributed by atoms with Crippen LogP contribution >= 0.6 is 0 Å². The maximum absolute atomic E-state index is 12.7. The second-order valence-electron chi connectivity index (χ2n) is 9.49. The van der Waals surface area contributed by atoms with Crippen LogP contribution in [-0.4, -0.2) is 110 Å². The van der Waals surface area contributed by atoms with E-state index in [4.69, 9.17) is 10.5 Å². The second-order valence-corrected chi connectivity index (χ2v) is 11.8. The highest BCUT2D eigenvalue weighted by atomic mass is 32.2. The van der Waals surface area contributed by atoms with Gasteiger partial charge >= 0.3 is 0 Å². The van der Waals surface area contributed by atoms with Gasteiger partial charge < -0.3 is 15.4 Å². The average molecular weight is 457 g/mol. The van der Waals surface area contributed by atoms with Crippen molar-refractivity contribution in [3.8, 4) is 0 Å². The van der Waals surface area contributed by atoms with E-state index in [2.05, 4.69) is 9.80 Å². The summed E-state index contributed by atoms with van der Waals surface area (Å²) in [6.45, 7) is 4.14. The first-order valence-electron chi connectivity index (χ1n) is 11.7. The Morgan fingerprint density at radius 2 is 1.71 bits per heavy atom. The minimum Gasteiger partial charge on any atom is -0.368 e. The van der Waals surface area contributed by atoms with Crippen molar-refractivity contribution in [1.29, 1.82) is 0 Å². The number of primary amides is 1. The molecule has 176 valence electrons. The first kappa shape index (κ1) is 22.9. The lowest BCUT2D eigenvalue weighted by atomic mass is 9.87. The SMILES string of the molecule is NC(=O)[C@@]12CCCC(CC1)N2CCS(=O)(=O)CCN1CCN(C(=O)C2CCCO2)CC1. The molecule has 4 fully saturated rings. The van der Waals surface area contributed by atoms with Crippen molar-refractivity contribution in [1.82, 2.24) is 14.7 Å². The number of sulfone groups is 1. The van der Waals surface area contributed by atoms with Crippen LogP contribution in [0.1, 0.15) is 44.9 Å². The van der Waals surface area contributed by atoms with Gasteiger partial charge in [-0.1, -0.05) is 0 Å². The monoisotopic (exact) mass is 456 g/mol. The van der Waals surface area contributed by atoms with Crippen LogP contribution in [-0.2, 0) is 24.2 Å². The number of amides is 2. The number of carbonyl (C=O) groups excluding carboxylic acids is 2. The van der Waals surface area contributed by atoms with Crippen molar-refractivity contribution in [2.45, 2.75) is 62.6 Å². The molecule has 4 saturated heterocycles. The van der Waals surface area contributed by atoms with Gasteiger partial charge in [0.25, 0.3) is 5.91 Å². The predicted octanol–water partition coefficient (Wildman–Crippen LogP) is -0.403. The summed E-state index contributed by atoms with van der Waals surface area (Å²) in [5.74, 6) is -0.0584. The van der Waals surface area contributed by atoms with Crippen LogP contribution in [0.3, 0.4) is 0 Å². The third-order valence-corrected chi connectivity index (χ3v) is 9.33. The standard InChI is InChI=1S/C21H36N4O5S/c22-20(27)21-6-1-3-17(5-7-21)25(21)13-16-31(28,29)15-12-23-8-10-24(11-9-23)19(26)18-4-2-14-30-18/h17-18H,1-16H2,(H2,22,27)/t17?,18?,21-/m1/s1. The van der Waals surface area contributed by atoms with Crippen LogP contribution in [0.5, 0.6) is 0 Å². The van der Waals surface area contributed by atoms with Crippen LogP contribution in [0.2, 0.25) is 0 Å². The van der Waals surface area contributed by atoms with Crippen LogP contribution in [0.15, 0.2) is 0 Å². The number of nitrogens with two attached hydrogens (primary N) is 1. The van der Waals surface area contributed by atoms with E-state index in [1.165, 1.54) is 0 Å². The molecular formula is C21H36N4O5S. The van der Waals surface area contributed by atoms with Crippen LogP contribution in [0, 0.1) is 0 Å². The van der Waals surface area contributed by atoms with Crippen LogP contribution < -0.4 is 5.73 Å². The fraction of sp³-hybridized carbons (Fsp3) is 0.905. The fourth-order valence-electron chi connectivity index (χ4n) is 5.81. The molecule has 0 aromatic heterocycles. The number of nitrogens with zero attached hydrogens (tertiary/aromatic N) is 3. The third kappa shape index (κ3) is 4.91. The van der Waals surface area contributed by atoms with Gasteiger partial charge in [-0.15, -0.1) is 0 Å². The summed E-state index contributed by atoms with van der Waals surface area (Å²) in [4.78, 5) is 30.6. The molecule has 0 aromatic carbocycles. The normalized spacial score (nSPS) is 32.5. The molecule has 0 aliphatic carbocycles. The van der Waals surface area contributed by atoms with E-state index in [9.17, 15) is 18.0 Å². The quantitative estimate of drug-likeness (QED) is 0.529. The van der Waals surface area contributed by atoms with E-state index in [-0.39, 0.29) is 35.5 Å². The van der Waals surface area contributed by atoms with E-state index in [1.807, 2.05) is 4.90 Å². The Hall–Kier alpha value is -1.23. The zero-order valence-electron chi connectivity index (χ0n) is 18.3. The number of rotatable bonds is 8. The molecule has 2 unspecified atom stereocenters. The summed E-state index contributed by atoms with van der Waals surface area (Å²) in [5.41, 5.74) is 5.09. The topological polar surface area (TPSA) is 113 Å². The Morgan fingerprint density at radius 1 is 0.968 bits per heavy atom. The van der Waals surface area contributed by atoms with Crippen LogP contribution in [0.4, 0.5) is 0 Å². The maximum Gasteiger partial charge on any atom is 0.251 e. The van der Waals surface area contributed by atoms with Gasteiger partial charge in [0, 0.05) is 51.9 Å². The Balaban J connectivity index is 1.22. The van der Waals surface area contributed by atoms with Gasteiger partial charge in [-0.05, 0) is 44.9 Å². The van der Waals surface area contributed by atoms with Gasteiger partial charge in [-0.3, -0.25) is 19.4 Å². The van der Waals surface area contributed by atoms with Crippen molar-refractivity contribution in [2.75, 3.05) is 57.4 Å². The Kier molecular flexibility index (Phi) is 6.90. The Morgan fingerprint density at radius 3 is 2.39 bits per heavy atom. The molecule has 0 radical (unpaired) electrons. The molecule has 3 atom stereocenters. The van der Waals surface area contributed by atoms with Gasteiger partial charge in [-0.25, -0.2) is 8.42 Å². The fourth-order valence-corrected chi connectivity index (χ4v) is 7.03. The maximum atomic E-state index is 12.7. The molecule has 2 N–H and O–H groups in total. The summed E-state index contributed by atoms with van der Waals surface area (Å²) in [6.07, 6.45) is 5.87. The number of carbonyl (C=O) groups is 2. The molecule has 2 amide bonds. The highest BCUT2D eigenvalue weighted by Gasteiger charge is 2.52. The van der Waals surface area contributed by atoms with Gasteiger partial charge in [0.1, 0.15) is 11.6 Å². The molecule has 0 aromatic rings. The molecule has 4 aliphatic heterocycles. The number of hydrogen-bond donors (Lipinski definition) is 1. The number of ether oxygens (including phenoxy) is 1. The highest BCUT2D eigenvalue weighted by molar-refractivity contribution is 7.91. The van der Waals surface area contributed by atoms with Crippen molar-refractivity contribution >= 4 is 21.7 Å². The van der Waals surface area contributed by atoms with Gasteiger partial charge in [-0.2, -0.15) is 0 Å². The van der Waals surface area contributed by atoms with E-state index in [0.29, 0.717) is 45.9 Å². The smallest absolute Gasteiger partial charge is 0.251 e. The first-order valence-corrected chi connectivity index (χ1v) is 13.5. The lowest BCUT2D eigenvalue weighted by molar-refractivity contribution is -0.142. The highest BCUT2D eigenvalue weighted by Crippen LogP contribution is 2.43. The molecule has 0 saturated carbocycles. The summed E-state index contributed by atoms with van der Waals surface area (Å²) in [6, 6.07) is 0.283. The predicted molar refractivity (Wildman–Crippen MR) is 116 cm³/mol. The van der Waals surface area contributed by atoms with Crippen molar-refractivity contribution < 1.29 is 22.7 Å². The summed E-state index contributed by atoms with van der Waals surface area (Å²) in [5, 5.41) is 0. The lowest BCUT2D eigenvalue weighted by Gasteiger charge is -2.42. The van der Waals surface area contributed by atoms with Gasteiger partial charge in [0.2, 0.25) is 5.91 Å². The summed E-state index contributed by atoms with van der Waals surface area (Å²) >= 11 is 0. The Bertz CT molecular complexity index is 773. The molecule has 4 heterocycles. The Labute approximate surface area is 185 Å². The summed E-state index contributed by atoms with van der Waals surface area (Å²) in [7, 11) is -3.23. The third-order valence-electron chi connectivity index (χ3n) is 7.72. The zero-order chi connectivity index (χ0) is 22.1. The molecule has 0 spiro atoms. The van der Waals surface area contributed by atoms with E-state index < -0.39 is 15.4 Å². The lowest BCUT2D eigenvalue weighted by Crippen LogP contribution is -2.59. The van der Waals surface area contributed by atoms with Gasteiger partial charge in [0.05, 0.1) is 11.5 Å². The molecular weight excluding hydrogens is 420 g/mol.